The molecule has 0 heterocycles. The van der Waals surface area contributed by atoms with Crippen molar-refractivity contribution in [2.75, 3.05) is 7.11 Å². The van der Waals surface area contributed by atoms with E-state index in [1.54, 1.807) is 19.1 Å². The Bertz CT molecular complexity index is 410. The van der Waals surface area contributed by atoms with Gasteiger partial charge in [-0.05, 0) is 31.2 Å². The van der Waals surface area contributed by atoms with E-state index >= 15 is 0 Å². The minimum Gasteiger partial charge on any atom is -0.507 e. The molecule has 0 aliphatic carbocycles. The normalized spacial score (nSPS) is 11.3. The van der Waals surface area contributed by atoms with Gasteiger partial charge in [0.2, 0.25) is 0 Å². The van der Waals surface area contributed by atoms with Crippen LogP contribution in [-0.4, -0.2) is 18.2 Å². The van der Waals surface area contributed by atoms with Crippen molar-refractivity contribution in [2.45, 2.75) is 6.92 Å². The molecule has 15 heavy (non-hydrogen) atoms. The molecule has 0 radical (unpaired) electrons. The van der Waals surface area contributed by atoms with Crippen LogP contribution in [0.4, 0.5) is 0 Å². The Kier molecular flexibility index (Phi) is 3.74. The van der Waals surface area contributed by atoms with E-state index in [1.807, 2.05) is 0 Å². The molecule has 0 spiro atoms. The fourth-order valence-electron chi connectivity index (χ4n) is 1.09. The van der Waals surface area contributed by atoms with Crippen LogP contribution >= 0.6 is 11.6 Å². The number of phenolic OH excluding ortho intramolecular Hbond substituents is 1. The smallest absolute Gasteiger partial charge is 0.333 e. The molecule has 1 N–H and O–H groups in total. The van der Waals surface area contributed by atoms with Crippen molar-refractivity contribution in [1.29, 1.82) is 0 Å². The van der Waals surface area contributed by atoms with Crippen molar-refractivity contribution >= 4 is 23.6 Å². The highest BCUT2D eigenvalue weighted by Crippen LogP contribution is 2.23. The molecule has 0 aliphatic rings. The molecule has 0 amide bonds. The Balaban J connectivity index is 3.07. The van der Waals surface area contributed by atoms with Gasteiger partial charge in [-0.1, -0.05) is 11.6 Å². The van der Waals surface area contributed by atoms with Crippen LogP contribution in [0.1, 0.15) is 12.5 Å². The lowest BCUT2D eigenvalue weighted by atomic mass is 10.1. The minimum atomic E-state index is -0.436. The second kappa shape index (κ2) is 4.84. The van der Waals surface area contributed by atoms with Crippen LogP contribution in [0.25, 0.3) is 6.08 Å². The molecule has 0 fully saturated rings. The fraction of sp³-hybridized carbons (Fsp3) is 0.182. The van der Waals surface area contributed by atoms with Crippen molar-refractivity contribution in [2.24, 2.45) is 0 Å². The van der Waals surface area contributed by atoms with E-state index in [1.165, 1.54) is 19.3 Å². The van der Waals surface area contributed by atoms with E-state index in [4.69, 9.17) is 11.6 Å². The Hall–Kier alpha value is -1.48. The first-order valence-corrected chi connectivity index (χ1v) is 4.67. The highest BCUT2D eigenvalue weighted by molar-refractivity contribution is 6.30. The first kappa shape index (κ1) is 11.6. The monoisotopic (exact) mass is 226 g/mol. The summed E-state index contributed by atoms with van der Waals surface area (Å²) in [4.78, 5) is 11.1. The van der Waals surface area contributed by atoms with Gasteiger partial charge in [0.15, 0.2) is 0 Å². The van der Waals surface area contributed by atoms with Crippen molar-refractivity contribution in [3.63, 3.8) is 0 Å². The number of hydrogen-bond donors (Lipinski definition) is 1. The van der Waals surface area contributed by atoms with E-state index < -0.39 is 5.97 Å². The van der Waals surface area contributed by atoms with Gasteiger partial charge < -0.3 is 9.84 Å². The summed E-state index contributed by atoms with van der Waals surface area (Å²) in [6.07, 6.45) is 1.52. The van der Waals surface area contributed by atoms with Gasteiger partial charge in [-0.25, -0.2) is 4.79 Å². The molecule has 3 nitrogen and oxygen atoms in total. The van der Waals surface area contributed by atoms with E-state index in [0.717, 1.165) is 0 Å². The van der Waals surface area contributed by atoms with Gasteiger partial charge in [-0.2, -0.15) is 0 Å². The first-order valence-electron chi connectivity index (χ1n) is 4.29. The number of ether oxygens (including phenoxy) is 1. The number of halogens is 1. The summed E-state index contributed by atoms with van der Waals surface area (Å²) in [5.41, 5.74) is 0.889. The van der Waals surface area contributed by atoms with Gasteiger partial charge in [0.1, 0.15) is 5.75 Å². The predicted octanol–water partition coefficient (Wildman–Crippen LogP) is 2.62. The first-order chi connectivity index (χ1) is 7.04. The molecule has 0 bridgehead atoms. The minimum absolute atomic E-state index is 0.0719. The van der Waals surface area contributed by atoms with E-state index in [9.17, 15) is 9.90 Å². The molecule has 80 valence electrons. The summed E-state index contributed by atoms with van der Waals surface area (Å²) in [5, 5.41) is 9.98. The average molecular weight is 227 g/mol. The molecule has 0 aromatic heterocycles. The lowest BCUT2D eigenvalue weighted by Gasteiger charge is -2.02. The van der Waals surface area contributed by atoms with Crippen molar-refractivity contribution in [3.05, 3.63) is 34.4 Å². The van der Waals surface area contributed by atoms with Gasteiger partial charge in [-0.3, -0.25) is 0 Å². The van der Waals surface area contributed by atoms with Gasteiger partial charge in [0.25, 0.3) is 0 Å². The second-order valence-electron chi connectivity index (χ2n) is 3.02. The van der Waals surface area contributed by atoms with Gasteiger partial charge >= 0.3 is 5.97 Å². The lowest BCUT2D eigenvalue weighted by molar-refractivity contribution is -0.135. The van der Waals surface area contributed by atoms with E-state index in [2.05, 4.69) is 4.74 Å². The van der Waals surface area contributed by atoms with Gasteiger partial charge in [-0.15, -0.1) is 0 Å². The number of methoxy groups -OCH3 is 1. The highest BCUT2D eigenvalue weighted by Gasteiger charge is 2.05. The molecule has 0 saturated heterocycles. The number of carbonyl (C=O) groups is 1. The van der Waals surface area contributed by atoms with Gasteiger partial charge in [0, 0.05) is 16.2 Å². The Morgan fingerprint density at radius 1 is 1.53 bits per heavy atom. The summed E-state index contributed by atoms with van der Waals surface area (Å²) < 4.78 is 4.53. The third-order valence-corrected chi connectivity index (χ3v) is 2.10. The number of hydrogen-bond acceptors (Lipinski definition) is 3. The maximum atomic E-state index is 11.1. The standard InChI is InChI=1S/C11H11ClO3/c1-7(11(14)15-2)5-8-6-9(12)3-4-10(8)13/h3-6,13H,1-2H3/b7-5+. The zero-order valence-electron chi connectivity index (χ0n) is 8.45. The summed E-state index contributed by atoms with van der Waals surface area (Å²) in [7, 11) is 1.30. The quantitative estimate of drug-likeness (QED) is 0.623. The lowest BCUT2D eigenvalue weighted by Crippen LogP contribution is -2.00. The molecule has 1 rings (SSSR count). The zero-order valence-corrected chi connectivity index (χ0v) is 9.21. The van der Waals surface area contributed by atoms with E-state index in [0.29, 0.717) is 16.2 Å². The molecular weight excluding hydrogens is 216 g/mol. The van der Waals surface area contributed by atoms with Crippen molar-refractivity contribution in [1.82, 2.24) is 0 Å². The Labute approximate surface area is 92.9 Å². The number of benzene rings is 1. The number of carbonyl (C=O) groups excluding carboxylic acids is 1. The Morgan fingerprint density at radius 3 is 2.80 bits per heavy atom. The van der Waals surface area contributed by atoms with Crippen LogP contribution in [0.2, 0.25) is 5.02 Å². The fourth-order valence-corrected chi connectivity index (χ4v) is 1.27. The predicted molar refractivity (Wildman–Crippen MR) is 58.8 cm³/mol. The maximum absolute atomic E-state index is 11.1. The molecule has 1 aromatic carbocycles. The second-order valence-corrected chi connectivity index (χ2v) is 3.46. The van der Waals surface area contributed by atoms with Crippen molar-refractivity contribution < 1.29 is 14.6 Å². The average Bonchev–Trinajstić information content (AvgIpc) is 2.22. The number of aromatic hydroxyl groups is 1. The summed E-state index contributed by atoms with van der Waals surface area (Å²) in [5.74, 6) is -0.364. The molecular formula is C11H11ClO3. The molecule has 0 unspecified atom stereocenters. The molecule has 0 aliphatic heterocycles. The number of rotatable bonds is 2. The largest absolute Gasteiger partial charge is 0.507 e. The summed E-state index contributed by atoms with van der Waals surface area (Å²) in [6, 6.07) is 4.61. The SMILES string of the molecule is COC(=O)/C(C)=C/c1cc(Cl)ccc1O. The highest BCUT2D eigenvalue weighted by atomic mass is 35.5. The zero-order chi connectivity index (χ0) is 11.4. The number of esters is 1. The third-order valence-electron chi connectivity index (χ3n) is 1.87. The molecule has 4 heteroatoms. The van der Waals surface area contributed by atoms with Crippen LogP contribution in [0.5, 0.6) is 5.75 Å². The topological polar surface area (TPSA) is 46.5 Å². The maximum Gasteiger partial charge on any atom is 0.333 e. The van der Waals surface area contributed by atoms with Crippen LogP contribution in [0.15, 0.2) is 23.8 Å². The molecule has 1 aromatic rings. The Morgan fingerprint density at radius 2 is 2.20 bits per heavy atom. The van der Waals surface area contributed by atoms with Crippen LogP contribution < -0.4 is 0 Å². The molecule has 0 saturated carbocycles. The van der Waals surface area contributed by atoms with E-state index in [-0.39, 0.29) is 5.75 Å². The molecule has 0 atom stereocenters. The van der Waals surface area contributed by atoms with Crippen LogP contribution in [-0.2, 0) is 9.53 Å². The van der Waals surface area contributed by atoms with Crippen LogP contribution in [0.3, 0.4) is 0 Å². The van der Waals surface area contributed by atoms with Gasteiger partial charge in [0.05, 0.1) is 7.11 Å². The van der Waals surface area contributed by atoms with Crippen LogP contribution in [0, 0.1) is 0 Å². The third kappa shape index (κ3) is 2.99. The summed E-state index contributed by atoms with van der Waals surface area (Å²) in [6.45, 7) is 1.60. The summed E-state index contributed by atoms with van der Waals surface area (Å²) >= 11 is 5.76. The number of phenols is 1. The van der Waals surface area contributed by atoms with Crippen molar-refractivity contribution in [3.8, 4) is 5.75 Å².